The molecule has 3 heterocycles. The number of anilines is 1. The van der Waals surface area contributed by atoms with Gasteiger partial charge in [-0.05, 0) is 32.6 Å². The predicted molar refractivity (Wildman–Crippen MR) is 89.3 cm³/mol. The highest BCUT2D eigenvalue weighted by molar-refractivity contribution is 5.87. The normalized spacial score (nSPS) is 16.5. The Balaban J connectivity index is 1.82. The number of nitrogens with zero attached hydrogens (tertiary/aromatic N) is 5. The molecule has 0 saturated carbocycles. The van der Waals surface area contributed by atoms with E-state index in [-0.39, 0.29) is 18.5 Å². The number of amides is 1. The molecule has 124 valence electrons. The summed E-state index contributed by atoms with van der Waals surface area (Å²) in [5, 5.41) is 8.23. The topological polar surface area (TPSA) is 75.9 Å². The average molecular weight is 316 g/mol. The zero-order valence-electron chi connectivity index (χ0n) is 13.8. The van der Waals surface area contributed by atoms with Gasteiger partial charge in [-0.2, -0.15) is 5.10 Å². The zero-order chi connectivity index (χ0) is 16.2. The van der Waals surface area contributed by atoms with Crippen molar-refractivity contribution >= 4 is 22.8 Å². The van der Waals surface area contributed by atoms with Crippen LogP contribution in [0.25, 0.3) is 11.0 Å². The van der Waals surface area contributed by atoms with Gasteiger partial charge in [0.05, 0.1) is 11.6 Å². The Morgan fingerprint density at radius 3 is 2.83 bits per heavy atom. The van der Waals surface area contributed by atoms with Crippen LogP contribution in [-0.4, -0.2) is 44.8 Å². The fraction of sp³-hybridized carbons (Fsp3) is 0.625. The largest absolute Gasteiger partial charge is 0.356 e. The molecule has 0 aliphatic carbocycles. The Morgan fingerprint density at radius 2 is 2.09 bits per heavy atom. The van der Waals surface area contributed by atoms with E-state index < -0.39 is 0 Å². The Bertz CT molecular complexity index is 676. The molecule has 1 unspecified atom stereocenters. The molecule has 2 aromatic heterocycles. The minimum Gasteiger partial charge on any atom is -0.356 e. The summed E-state index contributed by atoms with van der Waals surface area (Å²) in [6.07, 6.45) is 7.91. The molecule has 1 aliphatic heterocycles. The smallest absolute Gasteiger partial charge is 0.242 e. The number of carbonyl (C=O) groups excluding carboxylic acids is 1. The lowest BCUT2D eigenvalue weighted by Crippen LogP contribution is -2.34. The second-order valence-corrected chi connectivity index (χ2v) is 6.16. The quantitative estimate of drug-likeness (QED) is 0.909. The molecular formula is C16H24N6O. The molecule has 1 atom stereocenters. The molecule has 7 heteroatoms. The van der Waals surface area contributed by atoms with Crippen LogP contribution in [0.5, 0.6) is 0 Å². The summed E-state index contributed by atoms with van der Waals surface area (Å²) in [6.45, 7) is 6.27. The lowest BCUT2D eigenvalue weighted by Gasteiger charge is -2.27. The molecule has 1 N–H and O–H groups in total. The van der Waals surface area contributed by atoms with Crippen molar-refractivity contribution in [3.8, 4) is 0 Å². The lowest BCUT2D eigenvalue weighted by atomic mass is 10.1. The second kappa shape index (κ2) is 6.93. The van der Waals surface area contributed by atoms with Gasteiger partial charge in [-0.25, -0.2) is 14.6 Å². The summed E-state index contributed by atoms with van der Waals surface area (Å²) in [5.74, 6) is 0.894. The van der Waals surface area contributed by atoms with Gasteiger partial charge >= 0.3 is 0 Å². The number of rotatable bonds is 5. The summed E-state index contributed by atoms with van der Waals surface area (Å²) in [7, 11) is 0. The summed E-state index contributed by atoms with van der Waals surface area (Å²) in [5.41, 5.74) is 0.722. The maximum atomic E-state index is 12.1. The molecule has 1 fully saturated rings. The first-order valence-corrected chi connectivity index (χ1v) is 8.40. The van der Waals surface area contributed by atoms with Crippen LogP contribution >= 0.6 is 0 Å². The Labute approximate surface area is 136 Å². The first-order chi connectivity index (χ1) is 11.2. The molecule has 0 bridgehead atoms. The third-order valence-corrected chi connectivity index (χ3v) is 4.38. The molecule has 7 nitrogen and oxygen atoms in total. The minimum atomic E-state index is -0.0394. The van der Waals surface area contributed by atoms with Crippen LogP contribution in [0.15, 0.2) is 12.5 Å². The van der Waals surface area contributed by atoms with Crippen molar-refractivity contribution in [3.05, 3.63) is 12.5 Å². The lowest BCUT2D eigenvalue weighted by molar-refractivity contribution is -0.122. The van der Waals surface area contributed by atoms with E-state index in [2.05, 4.69) is 25.3 Å². The van der Waals surface area contributed by atoms with E-state index in [1.54, 1.807) is 17.2 Å². The van der Waals surface area contributed by atoms with E-state index in [9.17, 15) is 4.79 Å². The fourth-order valence-electron chi connectivity index (χ4n) is 2.91. The molecule has 23 heavy (non-hydrogen) atoms. The van der Waals surface area contributed by atoms with Gasteiger partial charge in [0.15, 0.2) is 5.65 Å². The number of fused-ring (bicyclic) bond motifs is 1. The molecular weight excluding hydrogens is 292 g/mol. The monoisotopic (exact) mass is 316 g/mol. The molecule has 1 aliphatic rings. The van der Waals surface area contributed by atoms with Gasteiger partial charge in [-0.3, -0.25) is 4.79 Å². The molecule has 1 saturated heterocycles. The van der Waals surface area contributed by atoms with Crippen LogP contribution in [0.4, 0.5) is 5.82 Å². The first kappa shape index (κ1) is 15.7. The third kappa shape index (κ3) is 3.43. The molecule has 3 rings (SSSR count). The summed E-state index contributed by atoms with van der Waals surface area (Å²) in [4.78, 5) is 23.2. The number of nitrogens with one attached hydrogen (secondary N) is 1. The van der Waals surface area contributed by atoms with Gasteiger partial charge < -0.3 is 10.2 Å². The van der Waals surface area contributed by atoms with Crippen LogP contribution in [-0.2, 0) is 11.3 Å². The zero-order valence-corrected chi connectivity index (χ0v) is 13.8. The molecule has 0 spiro atoms. The Morgan fingerprint density at radius 1 is 1.30 bits per heavy atom. The fourth-order valence-corrected chi connectivity index (χ4v) is 2.91. The summed E-state index contributed by atoms with van der Waals surface area (Å²) in [6, 6.07) is 0.169. The van der Waals surface area contributed by atoms with Crippen molar-refractivity contribution in [2.24, 2.45) is 0 Å². The predicted octanol–water partition coefficient (Wildman–Crippen LogP) is 1.73. The number of piperidine rings is 1. The number of aromatic nitrogens is 4. The van der Waals surface area contributed by atoms with Gasteiger partial charge in [-0.15, -0.1) is 0 Å². The Kier molecular flexibility index (Phi) is 4.73. The molecule has 1 amide bonds. The maximum Gasteiger partial charge on any atom is 0.242 e. The van der Waals surface area contributed by atoms with E-state index in [1.807, 2.05) is 13.8 Å². The highest BCUT2D eigenvalue weighted by Crippen LogP contribution is 2.25. The van der Waals surface area contributed by atoms with E-state index in [4.69, 9.17) is 0 Å². The number of hydrogen-bond donors (Lipinski definition) is 1. The van der Waals surface area contributed by atoms with Crippen LogP contribution in [0.2, 0.25) is 0 Å². The van der Waals surface area contributed by atoms with Gasteiger partial charge in [0, 0.05) is 19.1 Å². The first-order valence-electron chi connectivity index (χ1n) is 8.40. The van der Waals surface area contributed by atoms with Crippen LogP contribution in [0, 0.1) is 0 Å². The van der Waals surface area contributed by atoms with Crippen molar-refractivity contribution in [2.75, 3.05) is 18.0 Å². The van der Waals surface area contributed by atoms with E-state index in [1.165, 1.54) is 19.3 Å². The van der Waals surface area contributed by atoms with E-state index in [0.717, 1.165) is 36.4 Å². The van der Waals surface area contributed by atoms with E-state index >= 15 is 0 Å². The van der Waals surface area contributed by atoms with Gasteiger partial charge in [-0.1, -0.05) is 6.92 Å². The Hall–Kier alpha value is -2.18. The van der Waals surface area contributed by atoms with E-state index in [0.29, 0.717) is 0 Å². The minimum absolute atomic E-state index is 0.0394. The van der Waals surface area contributed by atoms with Crippen molar-refractivity contribution in [3.63, 3.8) is 0 Å². The second-order valence-electron chi connectivity index (χ2n) is 6.16. The van der Waals surface area contributed by atoms with Crippen molar-refractivity contribution in [1.29, 1.82) is 0 Å². The third-order valence-electron chi connectivity index (χ3n) is 4.38. The van der Waals surface area contributed by atoms with Gasteiger partial charge in [0.25, 0.3) is 0 Å². The van der Waals surface area contributed by atoms with Crippen LogP contribution < -0.4 is 10.2 Å². The number of hydrogen-bond acceptors (Lipinski definition) is 5. The van der Waals surface area contributed by atoms with Crippen molar-refractivity contribution < 1.29 is 4.79 Å². The molecule has 2 aromatic rings. The van der Waals surface area contributed by atoms with Gasteiger partial charge in [0.2, 0.25) is 5.91 Å². The molecule has 0 radical (unpaired) electrons. The van der Waals surface area contributed by atoms with Crippen molar-refractivity contribution in [1.82, 2.24) is 25.1 Å². The standard InChI is InChI=1S/C16H24N6O/c1-3-12(2)20-14(23)10-22-16-13(9-19-22)15(17-11-18-16)21-7-5-4-6-8-21/h9,11-12H,3-8,10H2,1-2H3,(H,20,23). The summed E-state index contributed by atoms with van der Waals surface area (Å²) < 4.78 is 1.65. The molecule has 0 aromatic carbocycles. The van der Waals surface area contributed by atoms with Crippen LogP contribution in [0.3, 0.4) is 0 Å². The van der Waals surface area contributed by atoms with Crippen molar-refractivity contribution in [2.45, 2.75) is 52.1 Å². The van der Waals surface area contributed by atoms with Crippen LogP contribution in [0.1, 0.15) is 39.5 Å². The maximum absolute atomic E-state index is 12.1. The highest BCUT2D eigenvalue weighted by atomic mass is 16.2. The van der Waals surface area contributed by atoms with Gasteiger partial charge in [0.1, 0.15) is 18.7 Å². The highest BCUT2D eigenvalue weighted by Gasteiger charge is 2.18. The SMILES string of the molecule is CCC(C)NC(=O)Cn1ncc2c(N3CCCCC3)ncnc21. The summed E-state index contributed by atoms with van der Waals surface area (Å²) >= 11 is 0. The average Bonchev–Trinajstić information content (AvgIpc) is 2.98. The number of carbonyl (C=O) groups is 1.